The summed E-state index contributed by atoms with van der Waals surface area (Å²) < 4.78 is 19.9. The fourth-order valence-electron chi connectivity index (χ4n) is 3.26. The number of rotatable bonds is 13. The van der Waals surface area contributed by atoms with Crippen molar-refractivity contribution in [1.29, 1.82) is 0 Å². The average molecular weight is 485 g/mol. The van der Waals surface area contributed by atoms with Crippen LogP contribution in [-0.4, -0.2) is 50.7 Å². The van der Waals surface area contributed by atoms with Crippen LogP contribution in [0.15, 0.2) is 91.0 Å². The first-order valence-electron chi connectivity index (χ1n) is 10.8. The number of benzene rings is 3. The molecule has 4 atom stereocenters. The molecule has 0 saturated heterocycles. The van der Waals surface area contributed by atoms with Crippen LogP contribution in [0.4, 0.5) is 0 Å². The lowest BCUT2D eigenvalue weighted by molar-refractivity contribution is -1.05. The maximum atomic E-state index is 11.4. The van der Waals surface area contributed by atoms with Crippen LogP contribution in [0.2, 0.25) is 0 Å². The van der Waals surface area contributed by atoms with Gasteiger partial charge in [0.1, 0.15) is 0 Å². The Balaban J connectivity index is 1.86. The molecule has 0 amide bonds. The number of aliphatic hydroxyl groups is 4. The highest BCUT2D eigenvalue weighted by atomic mass is 17.1. The standard InChI is InChI=1S/C26H28O9/c27-23(24(28)32-16-20-10-4-1-5-11-20)26(30,34-18-22-14-8-3-9-15-22)25(29,19-35-31)33-17-21-12-6-2-7-13-21/h1-15,19,23-24,27-30H,16-18H2/t23-,24?,25-,26+/m1/s1. The Morgan fingerprint density at radius 1 is 0.714 bits per heavy atom. The molecule has 4 N–H and O–H groups in total. The largest absolute Gasteiger partial charge is 0.463 e. The van der Waals surface area contributed by atoms with Gasteiger partial charge in [-0.2, -0.15) is 4.58 Å². The number of aliphatic hydroxyl groups excluding tert-OH is 2. The van der Waals surface area contributed by atoms with Crippen LogP contribution in [0, 0.1) is 0 Å². The molecule has 0 saturated carbocycles. The number of aldehydes is 1. The number of hydrogen-bond donors (Lipinski definition) is 4. The van der Waals surface area contributed by atoms with Crippen molar-refractivity contribution in [2.24, 2.45) is 0 Å². The Morgan fingerprint density at radius 3 is 1.60 bits per heavy atom. The molecule has 0 aliphatic carbocycles. The second-order valence-electron chi connectivity index (χ2n) is 7.79. The minimum atomic E-state index is -3.10. The second kappa shape index (κ2) is 12.5. The zero-order chi connectivity index (χ0) is 25.2. The van der Waals surface area contributed by atoms with Gasteiger partial charge in [0.05, 0.1) is 19.8 Å². The van der Waals surface area contributed by atoms with Crippen LogP contribution in [-0.2, 0) is 38.6 Å². The number of carbonyl (C=O) groups excluding carboxylic acids is 1. The van der Waals surface area contributed by atoms with Crippen LogP contribution >= 0.6 is 0 Å². The van der Waals surface area contributed by atoms with E-state index in [1.807, 2.05) is 0 Å². The van der Waals surface area contributed by atoms with E-state index in [0.717, 1.165) is 0 Å². The fourth-order valence-corrected chi connectivity index (χ4v) is 3.26. The first kappa shape index (κ1) is 26.5. The van der Waals surface area contributed by atoms with Crippen molar-refractivity contribution in [3.8, 4) is 0 Å². The SMILES string of the molecule is [O-][O+]=C[C@@](O)(OCc1ccccc1)[C@@](O)(OCc1ccccc1)[C@H](O)C(O)OCc1ccccc1. The van der Waals surface area contributed by atoms with E-state index in [0.29, 0.717) is 16.7 Å². The van der Waals surface area contributed by atoms with Gasteiger partial charge in [-0.15, -0.1) is 0 Å². The van der Waals surface area contributed by atoms with Gasteiger partial charge in [0.25, 0.3) is 5.79 Å². The predicted molar refractivity (Wildman–Crippen MR) is 122 cm³/mol. The summed E-state index contributed by atoms with van der Waals surface area (Å²) in [6, 6.07) is 25.9. The van der Waals surface area contributed by atoms with Gasteiger partial charge < -0.3 is 39.9 Å². The molecule has 9 nitrogen and oxygen atoms in total. The molecule has 0 heterocycles. The van der Waals surface area contributed by atoms with Crippen LogP contribution in [0.5, 0.6) is 0 Å². The van der Waals surface area contributed by atoms with Crippen LogP contribution < -0.4 is 5.26 Å². The Labute approximate surface area is 202 Å². The molecule has 3 aromatic rings. The normalized spacial score (nSPS) is 16.9. The lowest BCUT2D eigenvalue weighted by atomic mass is 9.99. The lowest BCUT2D eigenvalue weighted by Gasteiger charge is -2.41. The highest BCUT2D eigenvalue weighted by Crippen LogP contribution is 2.32. The molecule has 3 aromatic carbocycles. The number of ether oxygens (including phenoxy) is 3. The lowest BCUT2D eigenvalue weighted by Crippen LogP contribution is -2.68. The quantitative estimate of drug-likeness (QED) is 0.0913. The summed E-state index contributed by atoms with van der Waals surface area (Å²) in [5, 5.41) is 55.0. The summed E-state index contributed by atoms with van der Waals surface area (Å²) in [6.07, 6.45) is -4.13. The van der Waals surface area contributed by atoms with Crippen LogP contribution in [0.25, 0.3) is 0 Å². The van der Waals surface area contributed by atoms with Gasteiger partial charge in [0.2, 0.25) is 0 Å². The maximum absolute atomic E-state index is 11.4. The summed E-state index contributed by atoms with van der Waals surface area (Å²) in [4.78, 5) is 0. The molecule has 0 aliphatic rings. The zero-order valence-electron chi connectivity index (χ0n) is 18.8. The first-order valence-corrected chi connectivity index (χ1v) is 10.8. The molecule has 1 unspecified atom stereocenters. The van der Waals surface area contributed by atoms with Gasteiger partial charge in [-0.05, 0) is 16.7 Å². The number of hydrogen-bond acceptors (Lipinski definition) is 8. The highest BCUT2D eigenvalue weighted by molar-refractivity contribution is 5.62. The molecular formula is C26H28O9. The van der Waals surface area contributed by atoms with Crippen molar-refractivity contribution >= 4 is 6.29 Å². The van der Waals surface area contributed by atoms with Gasteiger partial charge in [-0.3, -0.25) is 0 Å². The van der Waals surface area contributed by atoms with E-state index in [-0.39, 0.29) is 26.1 Å². The van der Waals surface area contributed by atoms with E-state index < -0.39 is 24.0 Å². The Morgan fingerprint density at radius 2 is 1.14 bits per heavy atom. The third-order valence-corrected chi connectivity index (χ3v) is 5.26. The second-order valence-corrected chi connectivity index (χ2v) is 7.79. The maximum Gasteiger partial charge on any atom is 0.383 e. The molecule has 0 fully saturated rings. The third kappa shape index (κ3) is 6.93. The summed E-state index contributed by atoms with van der Waals surface area (Å²) in [6.45, 7) is -0.760. The van der Waals surface area contributed by atoms with Gasteiger partial charge in [0, 0.05) is 0 Å². The average Bonchev–Trinajstić information content (AvgIpc) is 2.90. The Hall–Kier alpha value is -3.15. The van der Waals surface area contributed by atoms with Gasteiger partial charge in [-0.25, -0.2) is 0 Å². The van der Waals surface area contributed by atoms with Gasteiger partial charge in [-0.1, -0.05) is 91.0 Å². The molecule has 35 heavy (non-hydrogen) atoms. The molecule has 0 aromatic heterocycles. The minimum absolute atomic E-state index is 0.126. The van der Waals surface area contributed by atoms with E-state index in [1.54, 1.807) is 91.0 Å². The van der Waals surface area contributed by atoms with Crippen molar-refractivity contribution in [2.75, 3.05) is 0 Å². The molecular weight excluding hydrogens is 456 g/mol. The van der Waals surface area contributed by atoms with Crippen LogP contribution in [0.1, 0.15) is 16.7 Å². The molecule has 186 valence electrons. The highest BCUT2D eigenvalue weighted by Gasteiger charge is 2.63. The minimum Gasteiger partial charge on any atom is -0.463 e. The summed E-state index contributed by atoms with van der Waals surface area (Å²) in [5.41, 5.74) is 1.81. The monoisotopic (exact) mass is 484 g/mol. The van der Waals surface area contributed by atoms with Gasteiger partial charge >= 0.3 is 12.1 Å². The summed E-state index contributed by atoms with van der Waals surface area (Å²) in [5.74, 6) is -6.12. The van der Waals surface area contributed by atoms with E-state index in [4.69, 9.17) is 14.2 Å². The zero-order valence-corrected chi connectivity index (χ0v) is 18.8. The summed E-state index contributed by atoms with van der Waals surface area (Å²) >= 11 is 0. The van der Waals surface area contributed by atoms with E-state index in [9.17, 15) is 25.7 Å². The summed E-state index contributed by atoms with van der Waals surface area (Å²) in [7, 11) is 0. The van der Waals surface area contributed by atoms with Crippen molar-refractivity contribution < 1.29 is 44.5 Å². The van der Waals surface area contributed by atoms with Crippen molar-refractivity contribution in [3.63, 3.8) is 0 Å². The first-order chi connectivity index (χ1) is 16.9. The topological polar surface area (TPSA) is 143 Å². The Kier molecular flexibility index (Phi) is 9.47. The van der Waals surface area contributed by atoms with Crippen molar-refractivity contribution in [3.05, 3.63) is 108 Å². The molecule has 9 heteroatoms. The van der Waals surface area contributed by atoms with Gasteiger partial charge in [0.15, 0.2) is 12.4 Å². The van der Waals surface area contributed by atoms with Crippen molar-refractivity contribution in [2.45, 2.75) is 43.8 Å². The molecule has 0 aliphatic heterocycles. The molecule has 0 spiro atoms. The van der Waals surface area contributed by atoms with E-state index >= 15 is 0 Å². The van der Waals surface area contributed by atoms with Crippen LogP contribution in [0.3, 0.4) is 0 Å². The van der Waals surface area contributed by atoms with E-state index in [1.165, 1.54) is 0 Å². The van der Waals surface area contributed by atoms with Crippen molar-refractivity contribution in [1.82, 2.24) is 0 Å². The van der Waals surface area contributed by atoms with E-state index in [2.05, 4.69) is 4.58 Å². The third-order valence-electron chi connectivity index (χ3n) is 5.26. The molecule has 0 bridgehead atoms. The Bertz CT molecular complexity index is 1030. The fraction of sp³-hybridized carbons (Fsp3) is 0.269. The smallest absolute Gasteiger partial charge is 0.383 e. The predicted octanol–water partition coefficient (Wildman–Crippen LogP) is 0.703. The molecule has 3 rings (SSSR count). The molecule has 0 radical (unpaired) electrons.